The number of ether oxygens (including phenoxy) is 1. The van der Waals surface area contributed by atoms with E-state index in [0.29, 0.717) is 17.8 Å². The lowest BCUT2D eigenvalue weighted by molar-refractivity contribution is -0.144. The molecule has 0 bridgehead atoms. The highest BCUT2D eigenvalue weighted by Crippen LogP contribution is 2.53. The molecule has 0 N–H and O–H groups in total. The highest BCUT2D eigenvalue weighted by molar-refractivity contribution is 5.75. The molecule has 2 heterocycles. The summed E-state index contributed by atoms with van der Waals surface area (Å²) >= 11 is 0. The lowest BCUT2D eigenvalue weighted by atomic mass is 9.57. The predicted octanol–water partition coefficient (Wildman–Crippen LogP) is 5.90. The fourth-order valence-corrected chi connectivity index (χ4v) is 6.14. The van der Waals surface area contributed by atoms with Gasteiger partial charge in [-0.2, -0.15) is 0 Å². The van der Waals surface area contributed by atoms with E-state index >= 15 is 0 Å². The fourth-order valence-electron chi connectivity index (χ4n) is 6.14. The Balaban J connectivity index is 1.39. The van der Waals surface area contributed by atoms with Crippen molar-refractivity contribution in [2.75, 3.05) is 0 Å². The summed E-state index contributed by atoms with van der Waals surface area (Å²) in [6, 6.07) is 10.5. The summed E-state index contributed by atoms with van der Waals surface area (Å²) in [5.74, 6) is 1.73. The molecule has 6 atom stereocenters. The lowest BCUT2D eigenvalue weighted by Crippen LogP contribution is -2.42. The molecule has 3 fully saturated rings. The van der Waals surface area contributed by atoms with E-state index in [1.165, 1.54) is 37.8 Å². The number of aromatic nitrogens is 1. The second-order valence-electron chi connectivity index (χ2n) is 9.19. The smallest absolute Gasteiger partial charge is 0.309 e. The zero-order valence-electron chi connectivity index (χ0n) is 17.3. The lowest BCUT2D eigenvalue weighted by Gasteiger charge is -2.45. The van der Waals surface area contributed by atoms with Gasteiger partial charge in [-0.3, -0.25) is 9.78 Å². The Labute approximate surface area is 177 Å². The molecule has 0 spiro atoms. The summed E-state index contributed by atoms with van der Waals surface area (Å²) in [6.07, 6.45) is 12.2. The average molecular weight is 406 g/mol. The molecule has 5 rings (SSSR count). The first-order chi connectivity index (χ1) is 14.6. The van der Waals surface area contributed by atoms with Crippen LogP contribution in [0.1, 0.15) is 44.7 Å². The van der Waals surface area contributed by atoms with E-state index in [9.17, 15) is 9.18 Å². The van der Waals surface area contributed by atoms with Crippen molar-refractivity contribution >= 4 is 12.0 Å². The van der Waals surface area contributed by atoms with Gasteiger partial charge in [-0.25, -0.2) is 4.39 Å². The summed E-state index contributed by atoms with van der Waals surface area (Å²) in [7, 11) is 0. The van der Waals surface area contributed by atoms with Crippen molar-refractivity contribution in [3.05, 3.63) is 60.2 Å². The highest BCUT2D eigenvalue weighted by Gasteiger charge is 2.53. The van der Waals surface area contributed by atoms with Gasteiger partial charge in [0.05, 0.1) is 11.6 Å². The minimum absolute atomic E-state index is 0.00694. The number of benzene rings is 1. The molecule has 156 valence electrons. The molecule has 30 heavy (non-hydrogen) atoms. The first-order valence-electron chi connectivity index (χ1n) is 11.2. The molecule has 2 unspecified atom stereocenters. The molecule has 1 aromatic heterocycles. The second kappa shape index (κ2) is 7.98. The quantitative estimate of drug-likeness (QED) is 0.597. The van der Waals surface area contributed by atoms with Crippen molar-refractivity contribution in [1.82, 2.24) is 4.98 Å². The number of cyclic esters (lactones) is 1. The topological polar surface area (TPSA) is 39.2 Å². The van der Waals surface area contributed by atoms with Crippen molar-refractivity contribution in [3.63, 3.8) is 0 Å². The number of halogens is 1. The van der Waals surface area contributed by atoms with Crippen LogP contribution in [0.25, 0.3) is 17.2 Å². The number of carbonyl (C=O) groups is 1. The van der Waals surface area contributed by atoms with Gasteiger partial charge in [-0.15, -0.1) is 0 Å². The van der Waals surface area contributed by atoms with Crippen LogP contribution in [0.4, 0.5) is 4.39 Å². The third-order valence-electron chi connectivity index (χ3n) is 7.51. The third-order valence-corrected chi connectivity index (χ3v) is 7.51. The van der Waals surface area contributed by atoms with Crippen LogP contribution < -0.4 is 0 Å². The number of hydrogen-bond acceptors (Lipinski definition) is 3. The number of hydrogen-bond donors (Lipinski definition) is 0. The van der Waals surface area contributed by atoms with Gasteiger partial charge in [0.2, 0.25) is 0 Å². The number of carbonyl (C=O) groups excluding carboxylic acids is 1. The maximum absolute atomic E-state index is 13.5. The van der Waals surface area contributed by atoms with Crippen LogP contribution in [-0.2, 0) is 9.53 Å². The molecule has 3 nitrogen and oxygen atoms in total. The molecule has 2 aliphatic carbocycles. The van der Waals surface area contributed by atoms with E-state index < -0.39 is 0 Å². The van der Waals surface area contributed by atoms with Crippen LogP contribution in [-0.4, -0.2) is 17.1 Å². The van der Waals surface area contributed by atoms with Gasteiger partial charge in [-0.1, -0.05) is 43.5 Å². The molecule has 1 saturated heterocycles. The number of fused-ring (bicyclic) bond motifs is 2. The summed E-state index contributed by atoms with van der Waals surface area (Å²) < 4.78 is 19.1. The average Bonchev–Trinajstić information content (AvgIpc) is 3.05. The summed E-state index contributed by atoms with van der Waals surface area (Å²) in [4.78, 5) is 17.0. The molecule has 4 heteroatoms. The summed E-state index contributed by atoms with van der Waals surface area (Å²) in [6.45, 7) is 2.05. The van der Waals surface area contributed by atoms with E-state index in [-0.39, 0.29) is 29.7 Å². The standard InChI is InChI=1S/C26H28FNO2/c1-16-25-23(22-8-3-2-5-18(22)14-24(25)26(29)30-16)12-11-21-10-9-19(15-28-21)17-6-4-7-20(27)13-17/h4,6-7,9-13,15-16,18,22-25H,2-3,5,8,14H2,1H3/b12-11+/t16?,18-,22-,23-,24-,25?/m1/s1. The van der Waals surface area contributed by atoms with Crippen LogP contribution in [0.5, 0.6) is 0 Å². The Kier molecular flexibility index (Phi) is 5.18. The van der Waals surface area contributed by atoms with Crippen LogP contribution in [0, 0.1) is 35.4 Å². The molecule has 1 aliphatic heterocycles. The largest absolute Gasteiger partial charge is 0.462 e. The summed E-state index contributed by atoms with van der Waals surface area (Å²) in [5, 5.41) is 0. The minimum Gasteiger partial charge on any atom is -0.462 e. The van der Waals surface area contributed by atoms with Gasteiger partial charge in [0.15, 0.2) is 0 Å². The van der Waals surface area contributed by atoms with Crippen LogP contribution in [0.15, 0.2) is 48.7 Å². The van der Waals surface area contributed by atoms with Gasteiger partial charge in [0.1, 0.15) is 11.9 Å². The van der Waals surface area contributed by atoms with E-state index in [1.807, 2.05) is 18.2 Å². The molecule has 2 saturated carbocycles. The molecule has 0 radical (unpaired) electrons. The number of esters is 1. The third kappa shape index (κ3) is 3.57. The van der Waals surface area contributed by atoms with Crippen molar-refractivity contribution < 1.29 is 13.9 Å². The van der Waals surface area contributed by atoms with Crippen molar-refractivity contribution in [2.45, 2.75) is 45.1 Å². The maximum atomic E-state index is 13.5. The Morgan fingerprint density at radius 2 is 2.00 bits per heavy atom. The number of rotatable bonds is 3. The van der Waals surface area contributed by atoms with Crippen molar-refractivity contribution in [1.29, 1.82) is 0 Å². The SMILES string of the molecule is CC1OC(=O)[C@@H]2C[C@H]3CCCC[C@H]3[C@@H](/C=C/c3ccc(-c4cccc(F)c4)cn3)C12. The minimum atomic E-state index is -0.243. The monoisotopic (exact) mass is 405 g/mol. The molecule has 2 aromatic rings. The zero-order chi connectivity index (χ0) is 20.7. The van der Waals surface area contributed by atoms with Crippen molar-refractivity contribution in [3.8, 4) is 11.1 Å². The second-order valence-corrected chi connectivity index (χ2v) is 9.19. The van der Waals surface area contributed by atoms with Crippen LogP contribution in [0.3, 0.4) is 0 Å². The Morgan fingerprint density at radius 3 is 2.80 bits per heavy atom. The fraction of sp³-hybridized carbons (Fsp3) is 0.462. The number of nitrogens with zero attached hydrogens (tertiary/aromatic N) is 1. The molecule has 0 amide bonds. The Morgan fingerprint density at radius 1 is 1.13 bits per heavy atom. The summed E-state index contributed by atoms with van der Waals surface area (Å²) in [5.41, 5.74) is 2.62. The Hall–Kier alpha value is -2.49. The predicted molar refractivity (Wildman–Crippen MR) is 115 cm³/mol. The van der Waals surface area contributed by atoms with Crippen LogP contribution >= 0.6 is 0 Å². The maximum Gasteiger partial charge on any atom is 0.309 e. The Bertz CT molecular complexity index is 954. The molecule has 3 aliphatic rings. The van der Waals surface area contributed by atoms with E-state index in [2.05, 4.69) is 24.1 Å². The highest BCUT2D eigenvalue weighted by atomic mass is 19.1. The first kappa shape index (κ1) is 19.5. The van der Waals surface area contributed by atoms with Gasteiger partial charge < -0.3 is 4.74 Å². The van der Waals surface area contributed by atoms with Gasteiger partial charge in [-0.05, 0) is 67.4 Å². The van der Waals surface area contributed by atoms with E-state index in [1.54, 1.807) is 12.3 Å². The van der Waals surface area contributed by atoms with Gasteiger partial charge in [0.25, 0.3) is 0 Å². The van der Waals surface area contributed by atoms with E-state index in [4.69, 9.17) is 4.74 Å². The molecular formula is C26H28FNO2. The number of allylic oxidation sites excluding steroid dienone is 1. The first-order valence-corrected chi connectivity index (χ1v) is 11.2. The number of pyridine rings is 1. The normalized spacial score (nSPS) is 33.2. The van der Waals surface area contributed by atoms with Gasteiger partial charge >= 0.3 is 5.97 Å². The molecular weight excluding hydrogens is 377 g/mol. The van der Waals surface area contributed by atoms with Crippen LogP contribution in [0.2, 0.25) is 0 Å². The molecule has 1 aromatic carbocycles. The zero-order valence-corrected chi connectivity index (χ0v) is 17.3. The van der Waals surface area contributed by atoms with Crippen molar-refractivity contribution in [2.24, 2.45) is 29.6 Å². The van der Waals surface area contributed by atoms with Gasteiger partial charge in [0, 0.05) is 17.7 Å². The van der Waals surface area contributed by atoms with E-state index in [0.717, 1.165) is 23.2 Å².